The van der Waals surface area contributed by atoms with Crippen LogP contribution in [0.15, 0.2) is 59.8 Å². The van der Waals surface area contributed by atoms with E-state index < -0.39 is 15.7 Å². The number of carbonyl (C=O) groups is 1. The number of pyridine rings is 1. The number of amides is 1. The lowest BCUT2D eigenvalue weighted by Gasteiger charge is -2.22. The van der Waals surface area contributed by atoms with Crippen LogP contribution in [0.1, 0.15) is 34.7 Å². The minimum Gasteiger partial charge on any atom is -0.496 e. The number of nitrogens with zero attached hydrogens (tertiary/aromatic N) is 2. The minimum absolute atomic E-state index is 0.130. The molecule has 1 amide bonds. The van der Waals surface area contributed by atoms with E-state index in [-0.39, 0.29) is 22.3 Å². The summed E-state index contributed by atoms with van der Waals surface area (Å²) in [5.74, 6) is -0.192. The van der Waals surface area contributed by atoms with Crippen LogP contribution in [0.2, 0.25) is 0 Å². The van der Waals surface area contributed by atoms with Gasteiger partial charge in [-0.15, -0.1) is 0 Å². The van der Waals surface area contributed by atoms with E-state index in [2.05, 4.69) is 4.98 Å². The summed E-state index contributed by atoms with van der Waals surface area (Å²) < 4.78 is 43.4. The zero-order valence-corrected chi connectivity index (χ0v) is 18.8. The Morgan fingerprint density at radius 2 is 1.88 bits per heavy atom. The Kier molecular flexibility index (Phi) is 5.73. The molecule has 1 aliphatic rings. The molecule has 0 bridgehead atoms. The zero-order valence-electron chi connectivity index (χ0n) is 18.0. The number of hydrogen-bond donors (Lipinski definition) is 0. The fourth-order valence-electron chi connectivity index (χ4n) is 3.68. The summed E-state index contributed by atoms with van der Waals surface area (Å²) in [4.78, 5) is 19.1. The van der Waals surface area contributed by atoms with E-state index in [1.165, 1.54) is 36.4 Å². The topological polar surface area (TPSA) is 76.6 Å². The second-order valence-electron chi connectivity index (χ2n) is 7.94. The maximum absolute atomic E-state index is 13.7. The number of aromatic nitrogens is 1. The van der Waals surface area contributed by atoms with E-state index in [1.54, 1.807) is 37.5 Å². The number of sulfone groups is 1. The lowest BCUT2D eigenvalue weighted by molar-refractivity contribution is 0.0992. The van der Waals surface area contributed by atoms with Crippen LogP contribution in [-0.4, -0.2) is 39.7 Å². The van der Waals surface area contributed by atoms with Crippen molar-refractivity contribution in [3.05, 3.63) is 71.8 Å². The second kappa shape index (κ2) is 8.35. The summed E-state index contributed by atoms with van der Waals surface area (Å²) in [5, 5.41) is 0. The van der Waals surface area contributed by atoms with Crippen LogP contribution in [0.5, 0.6) is 5.75 Å². The molecular formula is C24H23FN2O4S. The Labute approximate surface area is 186 Å². The predicted molar refractivity (Wildman–Crippen MR) is 120 cm³/mol. The van der Waals surface area contributed by atoms with Crippen LogP contribution in [0.3, 0.4) is 0 Å². The van der Waals surface area contributed by atoms with Gasteiger partial charge in [-0.3, -0.25) is 9.78 Å². The number of halogens is 1. The largest absolute Gasteiger partial charge is 0.496 e. The van der Waals surface area contributed by atoms with Crippen molar-refractivity contribution < 1.29 is 22.3 Å². The summed E-state index contributed by atoms with van der Waals surface area (Å²) in [6.07, 6.45) is 6.21. The fourth-order valence-corrected chi connectivity index (χ4v) is 4.37. The van der Waals surface area contributed by atoms with Crippen LogP contribution in [0.4, 0.5) is 10.1 Å². The maximum atomic E-state index is 13.7. The number of methoxy groups -OCH3 is 1. The third-order valence-corrected chi connectivity index (χ3v) is 6.66. The fraction of sp³-hybridized carbons (Fsp3) is 0.250. The van der Waals surface area contributed by atoms with E-state index in [4.69, 9.17) is 4.74 Å². The Morgan fingerprint density at radius 3 is 2.53 bits per heavy atom. The summed E-state index contributed by atoms with van der Waals surface area (Å²) in [7, 11) is -0.428. The molecule has 0 saturated heterocycles. The number of carbonyl (C=O) groups excluding carboxylic acids is 1. The highest BCUT2D eigenvalue weighted by Crippen LogP contribution is 2.41. The molecule has 6 nitrogen and oxygen atoms in total. The van der Waals surface area contributed by atoms with E-state index >= 15 is 0 Å². The van der Waals surface area contributed by atoms with Gasteiger partial charge in [-0.25, -0.2) is 12.8 Å². The molecule has 0 N–H and O–H groups in total. The van der Waals surface area contributed by atoms with Crippen LogP contribution in [0, 0.1) is 5.82 Å². The Hall–Kier alpha value is -3.26. The standard InChI is InChI=1S/C24H23FN2O4S/c1-27(22-14-26-9-8-20(22)21-7-6-18(25)13-23(21)31-2)24(28)17-10-16(15-4-5-15)11-19(12-17)32(3,29)30/h6-15H,4-5H2,1-3H3. The number of hydrogen-bond acceptors (Lipinski definition) is 5. The lowest BCUT2D eigenvalue weighted by atomic mass is 10.0. The van der Waals surface area contributed by atoms with Gasteiger partial charge in [0.15, 0.2) is 9.84 Å². The van der Waals surface area contributed by atoms with Gasteiger partial charge in [0.25, 0.3) is 5.91 Å². The SMILES string of the molecule is COc1cc(F)ccc1-c1ccncc1N(C)C(=O)c1cc(C2CC2)cc(S(C)(=O)=O)c1. The zero-order chi connectivity index (χ0) is 23.0. The van der Waals surface area contributed by atoms with Gasteiger partial charge in [-0.1, -0.05) is 0 Å². The molecule has 0 radical (unpaired) electrons. The Balaban J connectivity index is 1.78. The average molecular weight is 455 g/mol. The molecule has 0 spiro atoms. The molecule has 0 aliphatic heterocycles. The predicted octanol–water partition coefficient (Wildman–Crippen LogP) is 4.45. The second-order valence-corrected chi connectivity index (χ2v) is 9.95. The lowest BCUT2D eigenvalue weighted by Crippen LogP contribution is -2.27. The first kappa shape index (κ1) is 22.0. The molecule has 1 aliphatic carbocycles. The Bertz CT molecular complexity index is 1300. The molecule has 2 aromatic carbocycles. The molecule has 8 heteroatoms. The van der Waals surface area contributed by atoms with Gasteiger partial charge in [0, 0.05) is 42.3 Å². The van der Waals surface area contributed by atoms with Gasteiger partial charge < -0.3 is 9.64 Å². The molecule has 4 rings (SSSR count). The number of benzene rings is 2. The summed E-state index contributed by atoms with van der Waals surface area (Å²) in [6.45, 7) is 0. The minimum atomic E-state index is -3.48. The van der Waals surface area contributed by atoms with Crippen molar-refractivity contribution in [3.8, 4) is 16.9 Å². The smallest absolute Gasteiger partial charge is 0.258 e. The van der Waals surface area contributed by atoms with Gasteiger partial charge in [-0.2, -0.15) is 0 Å². The van der Waals surface area contributed by atoms with Crippen molar-refractivity contribution in [1.82, 2.24) is 4.98 Å². The maximum Gasteiger partial charge on any atom is 0.258 e. The van der Waals surface area contributed by atoms with E-state index in [0.29, 0.717) is 22.6 Å². The average Bonchev–Trinajstić information content (AvgIpc) is 3.62. The quantitative estimate of drug-likeness (QED) is 0.550. The van der Waals surface area contributed by atoms with Crippen molar-refractivity contribution in [2.24, 2.45) is 0 Å². The molecule has 1 aromatic heterocycles. The van der Waals surface area contributed by atoms with Crippen molar-refractivity contribution in [2.45, 2.75) is 23.7 Å². The van der Waals surface area contributed by atoms with E-state index in [9.17, 15) is 17.6 Å². The first-order valence-corrected chi connectivity index (χ1v) is 12.0. The molecular weight excluding hydrogens is 431 g/mol. The van der Waals surface area contributed by atoms with Crippen LogP contribution in [0.25, 0.3) is 11.1 Å². The number of ether oxygens (including phenoxy) is 1. The molecule has 1 fully saturated rings. The monoisotopic (exact) mass is 454 g/mol. The highest BCUT2D eigenvalue weighted by Gasteiger charge is 2.27. The van der Waals surface area contributed by atoms with Crippen molar-refractivity contribution >= 4 is 21.4 Å². The molecule has 1 saturated carbocycles. The van der Waals surface area contributed by atoms with Crippen LogP contribution in [-0.2, 0) is 9.84 Å². The van der Waals surface area contributed by atoms with Gasteiger partial charge >= 0.3 is 0 Å². The Morgan fingerprint density at radius 1 is 1.12 bits per heavy atom. The normalized spacial score (nSPS) is 13.6. The van der Waals surface area contributed by atoms with Crippen molar-refractivity contribution in [2.75, 3.05) is 25.3 Å². The third-order valence-electron chi connectivity index (χ3n) is 5.57. The first-order chi connectivity index (χ1) is 15.2. The number of rotatable bonds is 6. The first-order valence-electron chi connectivity index (χ1n) is 10.1. The van der Waals surface area contributed by atoms with Gasteiger partial charge in [0.05, 0.1) is 23.9 Å². The summed E-state index contributed by atoms with van der Waals surface area (Å²) in [5.41, 5.74) is 2.87. The molecule has 166 valence electrons. The molecule has 32 heavy (non-hydrogen) atoms. The van der Waals surface area contributed by atoms with Gasteiger partial charge in [0.2, 0.25) is 0 Å². The highest BCUT2D eigenvalue weighted by atomic mass is 32.2. The van der Waals surface area contributed by atoms with Crippen molar-refractivity contribution in [3.63, 3.8) is 0 Å². The highest BCUT2D eigenvalue weighted by molar-refractivity contribution is 7.90. The molecule has 1 heterocycles. The van der Waals surface area contributed by atoms with Crippen molar-refractivity contribution in [1.29, 1.82) is 0 Å². The van der Waals surface area contributed by atoms with Gasteiger partial charge in [0.1, 0.15) is 11.6 Å². The van der Waals surface area contributed by atoms with E-state index in [0.717, 1.165) is 24.7 Å². The number of anilines is 1. The van der Waals surface area contributed by atoms with Crippen LogP contribution < -0.4 is 9.64 Å². The van der Waals surface area contributed by atoms with Gasteiger partial charge in [-0.05, 0) is 60.7 Å². The summed E-state index contributed by atoms with van der Waals surface area (Å²) >= 11 is 0. The molecule has 0 atom stereocenters. The summed E-state index contributed by atoms with van der Waals surface area (Å²) in [6, 6.07) is 10.7. The van der Waals surface area contributed by atoms with Crippen LogP contribution >= 0.6 is 0 Å². The molecule has 0 unspecified atom stereocenters. The molecule has 3 aromatic rings. The third kappa shape index (κ3) is 4.36. The van der Waals surface area contributed by atoms with E-state index in [1.807, 2.05) is 0 Å².